The first kappa shape index (κ1) is 21.7. The molecule has 1 aliphatic heterocycles. The molecule has 1 N–H and O–H groups in total. The lowest BCUT2D eigenvalue weighted by molar-refractivity contribution is 0.0979. The molecule has 1 fully saturated rings. The van der Waals surface area contributed by atoms with Gasteiger partial charge in [0.15, 0.2) is 10.9 Å². The average Bonchev–Trinajstić information content (AvgIpc) is 3.50. The number of nitrogens with zero attached hydrogens (tertiary/aromatic N) is 2. The van der Waals surface area contributed by atoms with E-state index >= 15 is 0 Å². The maximum atomic E-state index is 12.8. The molecular formula is C21H23N3O5S2. The number of furan rings is 1. The third kappa shape index (κ3) is 4.87. The minimum atomic E-state index is -3.65. The van der Waals surface area contributed by atoms with Gasteiger partial charge in [-0.15, -0.1) is 11.3 Å². The van der Waals surface area contributed by atoms with Crippen LogP contribution in [0.15, 0.2) is 51.1 Å². The second-order valence-electron chi connectivity index (χ2n) is 7.35. The van der Waals surface area contributed by atoms with Crippen molar-refractivity contribution in [2.75, 3.05) is 25.5 Å². The second-order valence-corrected chi connectivity index (χ2v) is 10.3. The number of hydrogen-bond donors (Lipinski definition) is 1. The first-order valence-electron chi connectivity index (χ1n) is 9.84. The summed E-state index contributed by atoms with van der Waals surface area (Å²) in [5, 5.41) is 4.97. The highest BCUT2D eigenvalue weighted by atomic mass is 32.2. The molecule has 0 aliphatic carbocycles. The van der Waals surface area contributed by atoms with Crippen LogP contribution < -0.4 is 5.32 Å². The van der Waals surface area contributed by atoms with Crippen molar-refractivity contribution in [3.8, 4) is 11.5 Å². The summed E-state index contributed by atoms with van der Waals surface area (Å²) >= 11 is 1.29. The van der Waals surface area contributed by atoms with Crippen molar-refractivity contribution in [1.29, 1.82) is 0 Å². The van der Waals surface area contributed by atoms with Gasteiger partial charge in [-0.2, -0.15) is 4.31 Å². The van der Waals surface area contributed by atoms with Crippen LogP contribution in [0.25, 0.3) is 11.5 Å². The third-order valence-corrected chi connectivity index (χ3v) is 7.62. The first-order valence-corrected chi connectivity index (χ1v) is 12.2. The number of aromatic nitrogens is 1. The molecule has 1 aliphatic rings. The van der Waals surface area contributed by atoms with Crippen LogP contribution in [0.4, 0.5) is 5.13 Å². The van der Waals surface area contributed by atoms with Gasteiger partial charge in [0.2, 0.25) is 10.0 Å². The van der Waals surface area contributed by atoms with Crippen LogP contribution in [0.5, 0.6) is 0 Å². The Kier molecular flexibility index (Phi) is 6.24. The molecule has 0 bridgehead atoms. The molecule has 1 aromatic carbocycles. The monoisotopic (exact) mass is 461 g/mol. The molecule has 0 radical (unpaired) electrons. The number of nitrogens with one attached hydrogen (secondary N) is 1. The predicted molar refractivity (Wildman–Crippen MR) is 118 cm³/mol. The molecule has 10 heteroatoms. The number of ether oxygens (including phenoxy) is 1. The van der Waals surface area contributed by atoms with Gasteiger partial charge in [-0.25, -0.2) is 13.4 Å². The average molecular weight is 462 g/mol. The van der Waals surface area contributed by atoms with Crippen LogP contribution >= 0.6 is 11.3 Å². The van der Waals surface area contributed by atoms with E-state index < -0.39 is 10.0 Å². The Balaban J connectivity index is 1.41. The Morgan fingerprint density at radius 3 is 2.68 bits per heavy atom. The van der Waals surface area contributed by atoms with Gasteiger partial charge in [0.05, 0.1) is 11.0 Å². The zero-order chi connectivity index (χ0) is 22.0. The normalized spacial score (nSPS) is 16.7. The van der Waals surface area contributed by atoms with E-state index in [9.17, 15) is 13.2 Å². The van der Waals surface area contributed by atoms with Crippen LogP contribution in [0.2, 0.25) is 0 Å². The largest absolute Gasteiger partial charge is 0.460 e. The summed E-state index contributed by atoms with van der Waals surface area (Å²) in [7, 11) is -2.11. The van der Waals surface area contributed by atoms with E-state index in [-0.39, 0.29) is 16.9 Å². The molecule has 31 heavy (non-hydrogen) atoms. The Hall–Kier alpha value is -2.53. The van der Waals surface area contributed by atoms with Crippen LogP contribution in [0.1, 0.15) is 29.0 Å². The van der Waals surface area contributed by atoms with E-state index in [0.717, 1.165) is 18.6 Å². The first-order chi connectivity index (χ1) is 14.8. The van der Waals surface area contributed by atoms with Crippen LogP contribution in [0, 0.1) is 6.92 Å². The van der Waals surface area contributed by atoms with Gasteiger partial charge in [0, 0.05) is 31.1 Å². The van der Waals surface area contributed by atoms with Crippen molar-refractivity contribution in [3.05, 3.63) is 53.1 Å². The van der Waals surface area contributed by atoms with E-state index in [0.29, 0.717) is 35.3 Å². The summed E-state index contributed by atoms with van der Waals surface area (Å²) in [5.74, 6) is 1.05. The Labute approximate surface area is 184 Å². The number of thiazole rings is 1. The minimum Gasteiger partial charge on any atom is -0.460 e. The molecule has 2 aromatic heterocycles. The SMILES string of the molecule is Cc1ccc(-c2csc(NC(=O)c3ccc(S(=O)(=O)N(C)CC4CCCO4)cc3)n2)o1. The fourth-order valence-electron chi connectivity index (χ4n) is 3.32. The van der Waals surface area contributed by atoms with Crippen molar-refractivity contribution in [3.63, 3.8) is 0 Å². The molecule has 3 heterocycles. The standard InChI is InChI=1S/C21H23N3O5S2/c1-14-5-10-19(29-14)18-13-30-21(22-18)23-20(25)15-6-8-17(9-7-15)31(26,27)24(2)12-16-4-3-11-28-16/h5-10,13,16H,3-4,11-12H2,1-2H3,(H,22,23,25). The molecule has 8 nitrogen and oxygen atoms in total. The molecular weight excluding hydrogens is 438 g/mol. The summed E-state index contributed by atoms with van der Waals surface area (Å²) in [6.45, 7) is 2.83. The van der Waals surface area contributed by atoms with E-state index in [1.54, 1.807) is 5.38 Å². The molecule has 0 spiro atoms. The van der Waals surface area contributed by atoms with Crippen molar-refractivity contribution in [2.45, 2.75) is 30.8 Å². The summed E-state index contributed by atoms with van der Waals surface area (Å²) in [6.07, 6.45) is 1.74. The minimum absolute atomic E-state index is 0.0712. The van der Waals surface area contributed by atoms with Gasteiger partial charge in [0.1, 0.15) is 11.5 Å². The zero-order valence-electron chi connectivity index (χ0n) is 17.2. The van der Waals surface area contributed by atoms with Gasteiger partial charge in [0.25, 0.3) is 5.91 Å². The van der Waals surface area contributed by atoms with Gasteiger partial charge < -0.3 is 9.15 Å². The number of hydrogen-bond acceptors (Lipinski definition) is 7. The smallest absolute Gasteiger partial charge is 0.257 e. The fraction of sp³-hybridized carbons (Fsp3) is 0.333. The molecule has 1 saturated heterocycles. The number of benzene rings is 1. The summed E-state index contributed by atoms with van der Waals surface area (Å²) in [4.78, 5) is 17.0. The molecule has 1 amide bonds. The van der Waals surface area contributed by atoms with E-state index in [1.807, 2.05) is 19.1 Å². The number of anilines is 1. The molecule has 164 valence electrons. The van der Waals surface area contributed by atoms with Crippen molar-refractivity contribution < 1.29 is 22.4 Å². The lowest BCUT2D eigenvalue weighted by Crippen LogP contribution is -2.34. The van der Waals surface area contributed by atoms with Crippen molar-refractivity contribution >= 4 is 32.4 Å². The van der Waals surface area contributed by atoms with Crippen molar-refractivity contribution in [2.24, 2.45) is 0 Å². The number of aryl methyl sites for hydroxylation is 1. The summed E-state index contributed by atoms with van der Waals surface area (Å²) < 4.78 is 37.9. The number of carbonyl (C=O) groups is 1. The maximum Gasteiger partial charge on any atom is 0.257 e. The molecule has 0 saturated carbocycles. The Morgan fingerprint density at radius 2 is 2.03 bits per heavy atom. The van der Waals surface area contributed by atoms with Crippen molar-refractivity contribution in [1.82, 2.24) is 9.29 Å². The van der Waals surface area contributed by atoms with Gasteiger partial charge in [-0.05, 0) is 56.2 Å². The van der Waals surface area contributed by atoms with Crippen LogP contribution in [-0.4, -0.2) is 49.9 Å². The number of rotatable bonds is 7. The third-order valence-electron chi connectivity index (χ3n) is 5.03. The Bertz CT molecular complexity index is 1160. The highest BCUT2D eigenvalue weighted by Crippen LogP contribution is 2.27. The summed E-state index contributed by atoms with van der Waals surface area (Å²) in [6, 6.07) is 9.54. The molecule has 3 aromatic rings. The van der Waals surface area contributed by atoms with E-state index in [1.165, 1.54) is 47.0 Å². The lowest BCUT2D eigenvalue weighted by atomic mass is 10.2. The lowest BCUT2D eigenvalue weighted by Gasteiger charge is -2.20. The number of sulfonamides is 1. The zero-order valence-corrected chi connectivity index (χ0v) is 18.8. The Morgan fingerprint density at radius 1 is 1.26 bits per heavy atom. The number of amides is 1. The van der Waals surface area contributed by atoms with Gasteiger partial charge in [-0.1, -0.05) is 0 Å². The quantitative estimate of drug-likeness (QED) is 0.575. The number of carbonyl (C=O) groups excluding carboxylic acids is 1. The molecule has 1 unspecified atom stereocenters. The second kappa shape index (κ2) is 8.91. The van der Waals surface area contributed by atoms with Gasteiger partial charge >= 0.3 is 0 Å². The number of likely N-dealkylation sites (N-methyl/N-ethyl adjacent to an activating group) is 1. The highest BCUT2D eigenvalue weighted by Gasteiger charge is 2.26. The van der Waals surface area contributed by atoms with E-state index in [4.69, 9.17) is 9.15 Å². The molecule has 4 rings (SSSR count). The van der Waals surface area contributed by atoms with Crippen LogP contribution in [-0.2, 0) is 14.8 Å². The maximum absolute atomic E-state index is 12.8. The predicted octanol–water partition coefficient (Wildman–Crippen LogP) is 3.76. The van der Waals surface area contributed by atoms with E-state index in [2.05, 4.69) is 10.3 Å². The van der Waals surface area contributed by atoms with Crippen LogP contribution in [0.3, 0.4) is 0 Å². The van der Waals surface area contributed by atoms with Gasteiger partial charge in [-0.3, -0.25) is 10.1 Å². The topological polar surface area (TPSA) is 102 Å². The summed E-state index contributed by atoms with van der Waals surface area (Å²) in [5.41, 5.74) is 0.982. The molecule has 1 atom stereocenters. The highest BCUT2D eigenvalue weighted by molar-refractivity contribution is 7.89. The fourth-order valence-corrected chi connectivity index (χ4v) is 5.21.